The minimum Gasteiger partial charge on any atom is -0.462 e. The average Bonchev–Trinajstić information content (AvgIpc) is 3.21. The molecule has 0 saturated carbocycles. The fourth-order valence-electron chi connectivity index (χ4n) is 6.88. The summed E-state index contributed by atoms with van der Waals surface area (Å²) in [5.41, 5.74) is 0. The molecule has 57 heavy (non-hydrogen) atoms. The molecule has 0 aliphatic rings. The Bertz CT molecular complexity index is 969. The molecule has 6 heteroatoms. The first-order valence-electron chi connectivity index (χ1n) is 24.5. The molecule has 0 spiro atoms. The third-order valence-electron chi connectivity index (χ3n) is 10.6. The lowest BCUT2D eigenvalue weighted by atomic mass is 10.1. The molecule has 332 valence electrons. The highest BCUT2D eigenvalue weighted by atomic mass is 16.6. The maximum absolute atomic E-state index is 12.7. The molecule has 0 fully saturated rings. The van der Waals surface area contributed by atoms with Gasteiger partial charge < -0.3 is 14.2 Å². The van der Waals surface area contributed by atoms with E-state index in [2.05, 4.69) is 57.2 Å². The molecule has 0 rings (SSSR count). The smallest absolute Gasteiger partial charge is 0.306 e. The van der Waals surface area contributed by atoms with E-state index in [9.17, 15) is 14.4 Å². The number of carbonyl (C=O) groups is 3. The van der Waals surface area contributed by atoms with Gasteiger partial charge in [-0.15, -0.1) is 0 Å². The zero-order valence-corrected chi connectivity index (χ0v) is 37.9. The molecule has 0 aromatic carbocycles. The van der Waals surface area contributed by atoms with Crippen LogP contribution in [0.2, 0.25) is 0 Å². The molecule has 0 aromatic rings. The summed E-state index contributed by atoms with van der Waals surface area (Å²) in [6.45, 7) is 6.52. The lowest BCUT2D eigenvalue weighted by Gasteiger charge is -2.18. The molecule has 0 aromatic heterocycles. The quantitative estimate of drug-likeness (QED) is 0.0264. The van der Waals surface area contributed by atoms with Gasteiger partial charge in [0.2, 0.25) is 0 Å². The van der Waals surface area contributed by atoms with Gasteiger partial charge in [0.1, 0.15) is 13.2 Å². The van der Waals surface area contributed by atoms with Crippen LogP contribution in [-0.2, 0) is 28.6 Å². The Labute approximate surface area is 353 Å². The number of hydrogen-bond acceptors (Lipinski definition) is 6. The van der Waals surface area contributed by atoms with Crippen LogP contribution in [0.3, 0.4) is 0 Å². The van der Waals surface area contributed by atoms with E-state index in [1.807, 2.05) is 0 Å². The van der Waals surface area contributed by atoms with Crippen molar-refractivity contribution in [3.63, 3.8) is 0 Å². The van der Waals surface area contributed by atoms with Gasteiger partial charge in [0.05, 0.1) is 0 Å². The Balaban J connectivity index is 4.18. The standard InChI is InChI=1S/C51H92O6/c1-4-7-10-13-15-17-19-21-23-24-25-26-28-29-31-33-35-38-41-44-50(53)56-47-48(46-55-49(52)43-40-37-12-9-6-3)57-51(54)45-42-39-36-34-32-30-27-22-20-18-16-14-11-8-5-2/h15,17,21-23,27,48H,4-14,16,18-20,24-26,28-47H2,1-3H3/b17-15-,23-21-,27-22-. The van der Waals surface area contributed by atoms with E-state index in [0.717, 1.165) is 77.0 Å². The number of allylic oxidation sites excluding steroid dienone is 6. The topological polar surface area (TPSA) is 78.9 Å². The maximum atomic E-state index is 12.7. The second-order valence-corrected chi connectivity index (χ2v) is 16.4. The van der Waals surface area contributed by atoms with E-state index in [1.54, 1.807) is 0 Å². The first kappa shape index (κ1) is 54.6. The van der Waals surface area contributed by atoms with Crippen molar-refractivity contribution in [1.29, 1.82) is 0 Å². The predicted octanol–water partition coefficient (Wildman–Crippen LogP) is 15.8. The zero-order chi connectivity index (χ0) is 41.5. The van der Waals surface area contributed by atoms with Crippen molar-refractivity contribution in [2.24, 2.45) is 0 Å². The third kappa shape index (κ3) is 44.6. The van der Waals surface area contributed by atoms with Crippen LogP contribution < -0.4 is 0 Å². The summed E-state index contributed by atoms with van der Waals surface area (Å²) in [7, 11) is 0. The Morgan fingerprint density at radius 1 is 0.351 bits per heavy atom. The molecule has 1 unspecified atom stereocenters. The molecule has 0 heterocycles. The van der Waals surface area contributed by atoms with Crippen molar-refractivity contribution in [2.75, 3.05) is 13.2 Å². The van der Waals surface area contributed by atoms with Crippen LogP contribution in [0.1, 0.15) is 252 Å². The highest BCUT2D eigenvalue weighted by Crippen LogP contribution is 2.14. The van der Waals surface area contributed by atoms with Crippen molar-refractivity contribution in [2.45, 2.75) is 258 Å². The maximum Gasteiger partial charge on any atom is 0.306 e. The normalized spacial score (nSPS) is 12.3. The van der Waals surface area contributed by atoms with Gasteiger partial charge in [-0.3, -0.25) is 14.4 Å². The van der Waals surface area contributed by atoms with E-state index < -0.39 is 6.10 Å². The Morgan fingerprint density at radius 2 is 0.632 bits per heavy atom. The summed E-state index contributed by atoms with van der Waals surface area (Å²) in [6, 6.07) is 0. The second-order valence-electron chi connectivity index (χ2n) is 16.4. The van der Waals surface area contributed by atoms with Crippen LogP contribution in [0.5, 0.6) is 0 Å². The first-order valence-corrected chi connectivity index (χ1v) is 24.5. The largest absolute Gasteiger partial charge is 0.462 e. The molecular formula is C51H92O6. The number of carbonyl (C=O) groups excluding carboxylic acids is 3. The number of ether oxygens (including phenoxy) is 3. The van der Waals surface area contributed by atoms with Gasteiger partial charge in [0.15, 0.2) is 6.10 Å². The van der Waals surface area contributed by atoms with Gasteiger partial charge >= 0.3 is 17.9 Å². The lowest BCUT2D eigenvalue weighted by molar-refractivity contribution is -0.167. The number of rotatable bonds is 44. The van der Waals surface area contributed by atoms with E-state index in [1.165, 1.54) is 135 Å². The molecule has 0 saturated heterocycles. The van der Waals surface area contributed by atoms with Gasteiger partial charge in [-0.2, -0.15) is 0 Å². The minimum absolute atomic E-state index is 0.0766. The van der Waals surface area contributed by atoms with E-state index >= 15 is 0 Å². The van der Waals surface area contributed by atoms with Crippen LogP contribution >= 0.6 is 0 Å². The van der Waals surface area contributed by atoms with E-state index in [4.69, 9.17) is 14.2 Å². The fraction of sp³-hybridized carbons (Fsp3) is 0.824. The number of esters is 3. The summed E-state index contributed by atoms with van der Waals surface area (Å²) in [6.07, 6.45) is 53.0. The molecular weight excluding hydrogens is 709 g/mol. The summed E-state index contributed by atoms with van der Waals surface area (Å²) < 4.78 is 16.6. The van der Waals surface area contributed by atoms with Crippen LogP contribution in [0.4, 0.5) is 0 Å². The highest BCUT2D eigenvalue weighted by molar-refractivity contribution is 5.71. The van der Waals surface area contributed by atoms with Crippen molar-refractivity contribution in [1.82, 2.24) is 0 Å². The van der Waals surface area contributed by atoms with Crippen molar-refractivity contribution in [3.05, 3.63) is 36.5 Å². The van der Waals surface area contributed by atoms with Crippen LogP contribution in [0.15, 0.2) is 36.5 Å². The summed E-state index contributed by atoms with van der Waals surface area (Å²) in [5.74, 6) is -0.898. The van der Waals surface area contributed by atoms with Gasteiger partial charge in [0.25, 0.3) is 0 Å². The molecule has 0 bridgehead atoms. The van der Waals surface area contributed by atoms with Crippen molar-refractivity contribution < 1.29 is 28.6 Å². The van der Waals surface area contributed by atoms with Crippen molar-refractivity contribution >= 4 is 17.9 Å². The minimum atomic E-state index is -0.771. The average molecular weight is 801 g/mol. The van der Waals surface area contributed by atoms with Gasteiger partial charge in [-0.25, -0.2) is 0 Å². The van der Waals surface area contributed by atoms with E-state index in [0.29, 0.717) is 19.3 Å². The number of hydrogen-bond donors (Lipinski definition) is 0. The molecule has 0 radical (unpaired) electrons. The Morgan fingerprint density at radius 3 is 1.02 bits per heavy atom. The van der Waals surface area contributed by atoms with Gasteiger partial charge in [-0.05, 0) is 77.0 Å². The second kappa shape index (κ2) is 46.3. The molecule has 6 nitrogen and oxygen atoms in total. The molecule has 1 atom stereocenters. The van der Waals surface area contributed by atoms with Crippen LogP contribution in [-0.4, -0.2) is 37.2 Å². The van der Waals surface area contributed by atoms with Crippen LogP contribution in [0.25, 0.3) is 0 Å². The fourth-order valence-corrected chi connectivity index (χ4v) is 6.88. The van der Waals surface area contributed by atoms with Crippen molar-refractivity contribution in [3.8, 4) is 0 Å². The third-order valence-corrected chi connectivity index (χ3v) is 10.6. The molecule has 0 aliphatic heterocycles. The van der Waals surface area contributed by atoms with E-state index in [-0.39, 0.29) is 31.1 Å². The van der Waals surface area contributed by atoms with Gasteiger partial charge in [-0.1, -0.05) is 192 Å². The zero-order valence-electron chi connectivity index (χ0n) is 37.9. The monoisotopic (exact) mass is 801 g/mol. The Hall–Kier alpha value is -2.37. The lowest BCUT2D eigenvalue weighted by Crippen LogP contribution is -2.30. The molecule has 0 amide bonds. The van der Waals surface area contributed by atoms with Crippen LogP contribution in [0, 0.1) is 0 Å². The molecule has 0 N–H and O–H groups in total. The summed E-state index contributed by atoms with van der Waals surface area (Å²) >= 11 is 0. The first-order chi connectivity index (χ1) is 28.0. The SMILES string of the molecule is CCCCC/C=C\C/C=C\CCCCCCCCCCCC(=O)OCC(COC(=O)CCCCCCC)OC(=O)CCCCCCC/C=C\CCCCCCCC. The predicted molar refractivity (Wildman–Crippen MR) is 242 cm³/mol. The molecule has 0 aliphatic carbocycles. The Kier molecular flexibility index (Phi) is 44.4. The van der Waals surface area contributed by atoms with Gasteiger partial charge in [0, 0.05) is 19.3 Å². The summed E-state index contributed by atoms with van der Waals surface area (Å²) in [5, 5.41) is 0. The highest BCUT2D eigenvalue weighted by Gasteiger charge is 2.19. The summed E-state index contributed by atoms with van der Waals surface area (Å²) in [4.78, 5) is 37.6. The number of unbranched alkanes of at least 4 members (excludes halogenated alkanes) is 27.